The largest absolute Gasteiger partial charge is 0.497 e. The van der Waals surface area contributed by atoms with Gasteiger partial charge in [-0.15, -0.1) is 0 Å². The Hall–Kier alpha value is -3.13. The van der Waals surface area contributed by atoms with Crippen molar-refractivity contribution >= 4 is 17.6 Å². The van der Waals surface area contributed by atoms with Crippen molar-refractivity contribution in [3.63, 3.8) is 0 Å². The molecule has 0 radical (unpaired) electrons. The molecule has 0 aliphatic rings. The number of halogens is 2. The van der Waals surface area contributed by atoms with E-state index in [1.165, 1.54) is 31.2 Å². The van der Waals surface area contributed by atoms with Crippen molar-refractivity contribution in [3.8, 4) is 28.5 Å². The first-order valence-electron chi connectivity index (χ1n) is 7.72. The van der Waals surface area contributed by atoms with Crippen LogP contribution in [-0.4, -0.2) is 35.0 Å². The highest BCUT2D eigenvalue weighted by Gasteiger charge is 2.26. The van der Waals surface area contributed by atoms with Crippen LogP contribution in [0.2, 0.25) is 5.02 Å². The van der Waals surface area contributed by atoms with Gasteiger partial charge in [0, 0.05) is 24.9 Å². The number of aromatic nitrogens is 3. The van der Waals surface area contributed by atoms with Crippen molar-refractivity contribution < 1.29 is 23.4 Å². The Labute approximate surface area is 159 Å². The number of aryl methyl sites for hydroxylation is 1. The lowest BCUT2D eigenvalue weighted by Gasteiger charge is -2.11. The standard InChI is InChI=1S/C18H15ClFN3O4/c1-23-17(11-8-10(25-2)4-5-13(11)26-3)15(19)16(22-23)18(24)27-14-6-7-21-9-12(14)20/h4-9H,1-3H3. The van der Waals surface area contributed by atoms with Crippen LogP contribution in [0.4, 0.5) is 4.39 Å². The molecule has 0 saturated carbocycles. The molecule has 7 nitrogen and oxygen atoms in total. The van der Waals surface area contributed by atoms with Crippen LogP contribution in [0.25, 0.3) is 11.3 Å². The van der Waals surface area contributed by atoms with Crippen molar-refractivity contribution in [3.05, 3.63) is 53.2 Å². The van der Waals surface area contributed by atoms with Gasteiger partial charge in [0.15, 0.2) is 17.3 Å². The minimum Gasteiger partial charge on any atom is -0.497 e. The number of hydrogen-bond donors (Lipinski definition) is 0. The van der Waals surface area contributed by atoms with Gasteiger partial charge in [-0.2, -0.15) is 5.10 Å². The summed E-state index contributed by atoms with van der Waals surface area (Å²) >= 11 is 6.40. The van der Waals surface area contributed by atoms with Gasteiger partial charge >= 0.3 is 5.97 Å². The average Bonchev–Trinajstić information content (AvgIpc) is 2.97. The number of ether oxygens (including phenoxy) is 3. The van der Waals surface area contributed by atoms with Gasteiger partial charge in [0.2, 0.25) is 0 Å². The zero-order valence-corrected chi connectivity index (χ0v) is 15.5. The van der Waals surface area contributed by atoms with E-state index in [4.69, 9.17) is 25.8 Å². The van der Waals surface area contributed by atoms with Crippen LogP contribution in [-0.2, 0) is 7.05 Å². The summed E-state index contributed by atoms with van der Waals surface area (Å²) in [6, 6.07) is 6.38. The minimum atomic E-state index is -0.895. The second-order valence-electron chi connectivity index (χ2n) is 5.40. The van der Waals surface area contributed by atoms with Crippen LogP contribution >= 0.6 is 11.6 Å². The predicted octanol–water partition coefficient (Wildman–Crippen LogP) is 3.51. The predicted molar refractivity (Wildman–Crippen MR) is 95.9 cm³/mol. The summed E-state index contributed by atoms with van der Waals surface area (Å²) in [5.74, 6) is -0.842. The first-order chi connectivity index (χ1) is 13.0. The maximum Gasteiger partial charge on any atom is 0.365 e. The highest BCUT2D eigenvalue weighted by molar-refractivity contribution is 6.36. The summed E-state index contributed by atoms with van der Waals surface area (Å²) in [6.45, 7) is 0. The normalized spacial score (nSPS) is 10.6. The summed E-state index contributed by atoms with van der Waals surface area (Å²) in [5.41, 5.74) is 0.843. The van der Waals surface area contributed by atoms with Gasteiger partial charge in [0.1, 0.15) is 16.5 Å². The molecule has 0 amide bonds. The topological polar surface area (TPSA) is 75.5 Å². The Bertz CT molecular complexity index is 1010. The number of esters is 1. The fourth-order valence-electron chi connectivity index (χ4n) is 2.51. The Kier molecular flexibility index (Phi) is 5.27. The Morgan fingerprint density at radius 3 is 2.63 bits per heavy atom. The maximum atomic E-state index is 13.7. The van der Waals surface area contributed by atoms with E-state index in [-0.39, 0.29) is 16.5 Å². The Morgan fingerprint density at radius 1 is 1.19 bits per heavy atom. The number of methoxy groups -OCH3 is 2. The van der Waals surface area contributed by atoms with Crippen LogP contribution in [0.1, 0.15) is 10.5 Å². The molecule has 0 aliphatic carbocycles. The lowest BCUT2D eigenvalue weighted by Crippen LogP contribution is -2.11. The molecule has 0 bridgehead atoms. The average molecular weight is 392 g/mol. The number of nitrogens with zero attached hydrogens (tertiary/aromatic N) is 3. The van der Waals surface area contributed by atoms with Crippen molar-refractivity contribution in [2.75, 3.05) is 14.2 Å². The minimum absolute atomic E-state index is 0.0449. The molecule has 3 rings (SSSR count). The number of hydrogen-bond acceptors (Lipinski definition) is 6. The smallest absolute Gasteiger partial charge is 0.365 e. The second-order valence-corrected chi connectivity index (χ2v) is 5.77. The van der Waals surface area contributed by atoms with Crippen molar-refractivity contribution in [1.82, 2.24) is 14.8 Å². The summed E-state index contributed by atoms with van der Waals surface area (Å²) < 4.78 is 30.7. The summed E-state index contributed by atoms with van der Waals surface area (Å²) in [5, 5.41) is 4.16. The summed E-state index contributed by atoms with van der Waals surface area (Å²) in [7, 11) is 4.66. The van der Waals surface area contributed by atoms with Crippen molar-refractivity contribution in [2.45, 2.75) is 0 Å². The molecule has 0 atom stereocenters. The zero-order chi connectivity index (χ0) is 19.6. The fraction of sp³-hybridized carbons (Fsp3) is 0.167. The Morgan fingerprint density at radius 2 is 1.96 bits per heavy atom. The number of pyridine rings is 1. The van der Waals surface area contributed by atoms with Crippen LogP contribution in [0.3, 0.4) is 0 Å². The molecule has 2 heterocycles. The van der Waals surface area contributed by atoms with Crippen LogP contribution < -0.4 is 14.2 Å². The number of carbonyl (C=O) groups is 1. The third-order valence-corrected chi connectivity index (χ3v) is 4.14. The van der Waals surface area contributed by atoms with Gasteiger partial charge in [0.25, 0.3) is 0 Å². The van der Waals surface area contributed by atoms with E-state index in [9.17, 15) is 9.18 Å². The highest BCUT2D eigenvalue weighted by Crippen LogP contribution is 2.38. The molecule has 9 heteroatoms. The van der Waals surface area contributed by atoms with Gasteiger partial charge in [-0.25, -0.2) is 9.18 Å². The van der Waals surface area contributed by atoms with E-state index in [0.29, 0.717) is 22.8 Å². The molecule has 0 spiro atoms. The summed E-state index contributed by atoms with van der Waals surface area (Å²) in [6.07, 6.45) is 2.24. The van der Waals surface area contributed by atoms with E-state index in [1.54, 1.807) is 25.2 Å². The molecule has 0 fully saturated rings. The van der Waals surface area contributed by atoms with Gasteiger partial charge in [-0.1, -0.05) is 11.6 Å². The molecule has 1 aromatic carbocycles. The Balaban J connectivity index is 2.03. The van der Waals surface area contributed by atoms with E-state index in [1.807, 2.05) is 0 Å². The molecular weight excluding hydrogens is 377 g/mol. The monoisotopic (exact) mass is 391 g/mol. The van der Waals surface area contributed by atoms with Crippen LogP contribution in [0.15, 0.2) is 36.7 Å². The van der Waals surface area contributed by atoms with Crippen LogP contribution in [0, 0.1) is 5.82 Å². The van der Waals surface area contributed by atoms with E-state index in [0.717, 1.165) is 6.20 Å². The molecule has 0 saturated heterocycles. The molecule has 0 N–H and O–H groups in total. The van der Waals surface area contributed by atoms with Gasteiger partial charge < -0.3 is 14.2 Å². The zero-order valence-electron chi connectivity index (χ0n) is 14.7. The highest BCUT2D eigenvalue weighted by atomic mass is 35.5. The molecular formula is C18H15ClFN3O4. The maximum absolute atomic E-state index is 13.7. The quantitative estimate of drug-likeness (QED) is 0.619. The van der Waals surface area contributed by atoms with E-state index in [2.05, 4.69) is 10.1 Å². The number of rotatable bonds is 5. The molecule has 140 valence electrons. The molecule has 27 heavy (non-hydrogen) atoms. The van der Waals surface area contributed by atoms with Crippen molar-refractivity contribution in [1.29, 1.82) is 0 Å². The number of benzene rings is 1. The third kappa shape index (κ3) is 3.56. The third-order valence-electron chi connectivity index (χ3n) is 3.78. The number of carbonyl (C=O) groups excluding carboxylic acids is 1. The first-order valence-corrected chi connectivity index (χ1v) is 8.10. The van der Waals surface area contributed by atoms with E-state index >= 15 is 0 Å². The van der Waals surface area contributed by atoms with Gasteiger partial charge in [-0.05, 0) is 18.2 Å². The second kappa shape index (κ2) is 7.63. The molecule has 0 aliphatic heterocycles. The first kappa shape index (κ1) is 18.7. The lowest BCUT2D eigenvalue weighted by molar-refractivity contribution is 0.0721. The lowest BCUT2D eigenvalue weighted by atomic mass is 10.1. The van der Waals surface area contributed by atoms with Gasteiger partial charge in [0.05, 0.1) is 26.1 Å². The SMILES string of the molecule is COc1ccc(OC)c(-c2c(Cl)c(C(=O)Oc3ccncc3F)nn2C)c1. The van der Waals surface area contributed by atoms with Crippen LogP contribution in [0.5, 0.6) is 17.2 Å². The molecule has 0 unspecified atom stereocenters. The molecule has 3 aromatic rings. The fourth-order valence-corrected chi connectivity index (χ4v) is 2.85. The van der Waals surface area contributed by atoms with Crippen molar-refractivity contribution in [2.24, 2.45) is 7.05 Å². The van der Waals surface area contributed by atoms with Gasteiger partial charge in [-0.3, -0.25) is 9.67 Å². The summed E-state index contributed by atoms with van der Waals surface area (Å²) in [4.78, 5) is 16.0. The van der Waals surface area contributed by atoms with E-state index < -0.39 is 11.8 Å². The molecule has 2 aromatic heterocycles.